The van der Waals surface area contributed by atoms with Crippen LogP contribution in [-0.2, 0) is 24.5 Å². The van der Waals surface area contributed by atoms with Gasteiger partial charge in [0, 0.05) is 27.2 Å². The van der Waals surface area contributed by atoms with Crippen molar-refractivity contribution in [1.82, 2.24) is 8.61 Å². The summed E-state index contributed by atoms with van der Waals surface area (Å²) >= 11 is 0. The summed E-state index contributed by atoms with van der Waals surface area (Å²) in [6.07, 6.45) is 0.0934. The number of carbonyl (C=O) groups excluding carboxylic acids is 1. The van der Waals surface area contributed by atoms with Crippen molar-refractivity contribution in [1.29, 1.82) is 0 Å². The fraction of sp³-hybridized carbons (Fsp3) is 0.909. The highest BCUT2D eigenvalue weighted by molar-refractivity contribution is 7.86. The van der Waals surface area contributed by atoms with Gasteiger partial charge < -0.3 is 9.47 Å². The first-order valence-corrected chi connectivity index (χ1v) is 7.47. The van der Waals surface area contributed by atoms with Crippen LogP contribution in [0.25, 0.3) is 0 Å². The lowest BCUT2D eigenvalue weighted by molar-refractivity contribution is -0.140. The summed E-state index contributed by atoms with van der Waals surface area (Å²) in [4.78, 5) is 11.0. The van der Waals surface area contributed by atoms with Crippen LogP contribution in [0.15, 0.2) is 0 Å². The van der Waals surface area contributed by atoms with Crippen LogP contribution in [0.1, 0.15) is 20.3 Å². The zero-order chi connectivity index (χ0) is 15.1. The fourth-order valence-electron chi connectivity index (χ4n) is 1.24. The van der Waals surface area contributed by atoms with Crippen molar-refractivity contribution in [3.63, 3.8) is 0 Å². The molecule has 0 unspecified atom stereocenters. The highest BCUT2D eigenvalue weighted by Gasteiger charge is 2.23. The molecular formula is C11H24N2O5S. The molecule has 0 saturated heterocycles. The predicted molar refractivity (Wildman–Crippen MR) is 71.9 cm³/mol. The smallest absolute Gasteiger partial charge is 0.306 e. The van der Waals surface area contributed by atoms with Gasteiger partial charge in [-0.15, -0.1) is 0 Å². The average molecular weight is 296 g/mol. The van der Waals surface area contributed by atoms with Crippen LogP contribution in [0.3, 0.4) is 0 Å². The Bertz CT molecular complexity index is 369. The predicted octanol–water partition coefficient (Wildman–Crippen LogP) is 0.0829. The monoisotopic (exact) mass is 296 g/mol. The first-order chi connectivity index (χ1) is 8.71. The van der Waals surface area contributed by atoms with E-state index < -0.39 is 16.2 Å². The van der Waals surface area contributed by atoms with E-state index in [9.17, 15) is 13.2 Å². The lowest BCUT2D eigenvalue weighted by atomic mass is 10.4. The molecule has 0 amide bonds. The molecule has 0 radical (unpaired) electrons. The third-order valence-corrected chi connectivity index (χ3v) is 4.44. The van der Waals surface area contributed by atoms with Crippen LogP contribution in [-0.4, -0.2) is 70.0 Å². The van der Waals surface area contributed by atoms with E-state index in [2.05, 4.69) is 4.74 Å². The Hall–Kier alpha value is -0.700. The Morgan fingerprint density at radius 1 is 1.16 bits per heavy atom. The minimum absolute atomic E-state index is 0.0303. The molecule has 0 bridgehead atoms. The molecule has 0 aromatic carbocycles. The van der Waals surface area contributed by atoms with E-state index in [4.69, 9.17) is 4.74 Å². The third kappa shape index (κ3) is 6.86. The molecule has 0 saturated carbocycles. The van der Waals surface area contributed by atoms with Crippen molar-refractivity contribution in [2.45, 2.75) is 26.4 Å². The van der Waals surface area contributed by atoms with Crippen LogP contribution in [0.5, 0.6) is 0 Å². The van der Waals surface area contributed by atoms with Gasteiger partial charge in [0.1, 0.15) is 0 Å². The average Bonchev–Trinajstić information content (AvgIpc) is 2.34. The summed E-state index contributed by atoms with van der Waals surface area (Å²) in [6.45, 7) is 4.46. The lowest BCUT2D eigenvalue weighted by Gasteiger charge is -2.24. The molecule has 0 aliphatic rings. The number of rotatable bonds is 9. The van der Waals surface area contributed by atoms with Gasteiger partial charge in [0.2, 0.25) is 0 Å². The van der Waals surface area contributed by atoms with Crippen molar-refractivity contribution in [3.05, 3.63) is 0 Å². The van der Waals surface area contributed by atoms with Crippen molar-refractivity contribution >= 4 is 16.2 Å². The summed E-state index contributed by atoms with van der Waals surface area (Å²) in [6, 6.07) is 0. The SMILES string of the molecule is COC(=O)CCN(C)S(=O)(=O)N(C)CCOC(C)C. The van der Waals surface area contributed by atoms with E-state index in [-0.39, 0.29) is 25.6 Å². The van der Waals surface area contributed by atoms with Gasteiger partial charge in [0.15, 0.2) is 0 Å². The number of nitrogens with zero attached hydrogens (tertiary/aromatic N) is 2. The number of hydrogen-bond donors (Lipinski definition) is 0. The van der Waals surface area contributed by atoms with E-state index in [1.165, 1.54) is 25.5 Å². The first-order valence-electron chi connectivity index (χ1n) is 6.07. The fourth-order valence-corrected chi connectivity index (χ4v) is 2.34. The zero-order valence-corrected chi connectivity index (χ0v) is 13.1. The third-order valence-electron chi connectivity index (χ3n) is 2.50. The second-order valence-electron chi connectivity index (χ2n) is 4.40. The maximum absolute atomic E-state index is 12.1. The first kappa shape index (κ1) is 18.3. The van der Waals surface area contributed by atoms with Gasteiger partial charge >= 0.3 is 5.97 Å². The molecule has 0 aliphatic heterocycles. The molecule has 0 aliphatic carbocycles. The second-order valence-corrected chi connectivity index (χ2v) is 6.54. The van der Waals surface area contributed by atoms with Crippen molar-refractivity contribution in [3.8, 4) is 0 Å². The van der Waals surface area contributed by atoms with Gasteiger partial charge in [-0.3, -0.25) is 4.79 Å². The molecule has 0 aromatic rings. The summed E-state index contributed by atoms with van der Waals surface area (Å²) in [5.74, 6) is -0.437. The largest absolute Gasteiger partial charge is 0.469 e. The molecule has 0 N–H and O–H groups in total. The Kier molecular flexibility index (Phi) is 8.15. The summed E-state index contributed by atoms with van der Waals surface area (Å²) in [5, 5.41) is 0. The number of esters is 1. The van der Waals surface area contributed by atoms with Gasteiger partial charge in [-0.05, 0) is 13.8 Å². The number of methoxy groups -OCH3 is 1. The molecule has 0 heterocycles. The second kappa shape index (κ2) is 8.47. The van der Waals surface area contributed by atoms with Gasteiger partial charge in [-0.2, -0.15) is 17.0 Å². The number of ether oxygens (including phenoxy) is 2. The molecule has 19 heavy (non-hydrogen) atoms. The van der Waals surface area contributed by atoms with E-state index >= 15 is 0 Å². The normalized spacial score (nSPS) is 12.4. The highest BCUT2D eigenvalue weighted by atomic mass is 32.2. The number of hydrogen-bond acceptors (Lipinski definition) is 5. The van der Waals surface area contributed by atoms with Crippen LogP contribution in [0.2, 0.25) is 0 Å². The molecule has 114 valence electrons. The van der Waals surface area contributed by atoms with Crippen LogP contribution >= 0.6 is 0 Å². The maximum Gasteiger partial charge on any atom is 0.306 e. The highest BCUT2D eigenvalue weighted by Crippen LogP contribution is 2.05. The molecule has 0 fully saturated rings. The lowest BCUT2D eigenvalue weighted by Crippen LogP contribution is -2.42. The van der Waals surface area contributed by atoms with E-state index in [0.717, 1.165) is 4.31 Å². The Morgan fingerprint density at radius 2 is 1.68 bits per heavy atom. The van der Waals surface area contributed by atoms with Crippen molar-refractivity contribution in [2.24, 2.45) is 0 Å². The minimum Gasteiger partial charge on any atom is -0.469 e. The molecule has 0 aromatic heterocycles. The van der Waals surface area contributed by atoms with Crippen molar-refractivity contribution in [2.75, 3.05) is 40.9 Å². The van der Waals surface area contributed by atoms with Crippen molar-refractivity contribution < 1.29 is 22.7 Å². The molecular weight excluding hydrogens is 272 g/mol. The number of likely N-dealkylation sites (N-methyl/N-ethyl adjacent to an activating group) is 1. The molecule has 0 rings (SSSR count). The van der Waals surface area contributed by atoms with Crippen LogP contribution in [0, 0.1) is 0 Å². The minimum atomic E-state index is -3.56. The van der Waals surface area contributed by atoms with Crippen LogP contribution in [0.4, 0.5) is 0 Å². The van der Waals surface area contributed by atoms with Gasteiger partial charge in [0.05, 0.1) is 26.2 Å². The zero-order valence-electron chi connectivity index (χ0n) is 12.2. The summed E-state index contributed by atoms with van der Waals surface area (Å²) in [7, 11) is 0.617. The van der Waals surface area contributed by atoms with E-state index in [1.807, 2.05) is 13.8 Å². The van der Waals surface area contributed by atoms with Gasteiger partial charge in [-0.1, -0.05) is 0 Å². The van der Waals surface area contributed by atoms with E-state index in [1.54, 1.807) is 0 Å². The number of carbonyl (C=O) groups is 1. The Morgan fingerprint density at radius 3 is 2.16 bits per heavy atom. The summed E-state index contributed by atoms with van der Waals surface area (Å²) in [5.41, 5.74) is 0. The molecule has 0 atom stereocenters. The molecule has 8 heteroatoms. The van der Waals surface area contributed by atoms with Crippen LogP contribution < -0.4 is 0 Å². The quantitative estimate of drug-likeness (QED) is 0.563. The Balaban J connectivity index is 4.30. The molecule has 7 nitrogen and oxygen atoms in total. The van der Waals surface area contributed by atoms with Gasteiger partial charge in [0.25, 0.3) is 10.2 Å². The maximum atomic E-state index is 12.1. The van der Waals surface area contributed by atoms with Gasteiger partial charge in [-0.25, -0.2) is 0 Å². The summed E-state index contributed by atoms with van der Waals surface area (Å²) < 4.78 is 36.2. The topological polar surface area (TPSA) is 76.2 Å². The van der Waals surface area contributed by atoms with E-state index in [0.29, 0.717) is 6.61 Å². The standard InChI is InChI=1S/C11H24N2O5S/c1-10(2)18-9-8-13(4)19(15,16)12(3)7-6-11(14)17-5/h10H,6-9H2,1-5H3. The molecule has 0 spiro atoms. The Labute approximate surface area is 115 Å².